The summed E-state index contributed by atoms with van der Waals surface area (Å²) in [5.74, 6) is -1.39. The number of amides is 1. The zero-order valence-corrected chi connectivity index (χ0v) is 24.3. The van der Waals surface area contributed by atoms with Crippen LogP contribution in [0.5, 0.6) is 0 Å². The number of pyridine rings is 1. The number of esters is 2. The molecule has 0 bridgehead atoms. The first-order valence-electron chi connectivity index (χ1n) is 14.4. The molecule has 40 heavy (non-hydrogen) atoms. The van der Waals surface area contributed by atoms with E-state index in [9.17, 15) is 14.4 Å². The fourth-order valence-corrected chi connectivity index (χ4v) is 6.98. The minimum Gasteiger partial charge on any atom is -0.462 e. The third-order valence-electron chi connectivity index (χ3n) is 7.83. The Morgan fingerprint density at radius 3 is 2.58 bits per heavy atom. The number of aromatic nitrogens is 1. The Morgan fingerprint density at radius 2 is 1.80 bits per heavy atom. The Balaban J connectivity index is 1.43. The van der Waals surface area contributed by atoms with Crippen molar-refractivity contribution in [2.45, 2.75) is 78.4 Å². The summed E-state index contributed by atoms with van der Waals surface area (Å²) in [5, 5.41) is 4.14. The van der Waals surface area contributed by atoms with Crippen LogP contribution in [0.2, 0.25) is 0 Å². The predicted molar refractivity (Wildman–Crippen MR) is 156 cm³/mol. The van der Waals surface area contributed by atoms with Crippen molar-refractivity contribution >= 4 is 45.1 Å². The molecule has 0 radical (unpaired) electrons. The van der Waals surface area contributed by atoms with E-state index < -0.39 is 23.9 Å². The molecule has 1 amide bonds. The summed E-state index contributed by atoms with van der Waals surface area (Å²) >= 11 is 1.44. The fraction of sp³-hybridized carbons (Fsp3) is 0.484. The number of hydrogen-bond donors (Lipinski definition) is 1. The van der Waals surface area contributed by atoms with Gasteiger partial charge in [0.15, 0.2) is 6.10 Å². The minimum atomic E-state index is -1.02. The van der Waals surface area contributed by atoms with Crippen LogP contribution < -0.4 is 5.32 Å². The Kier molecular flexibility index (Phi) is 8.81. The van der Waals surface area contributed by atoms with Gasteiger partial charge >= 0.3 is 11.9 Å². The average molecular weight is 564 g/mol. The number of ether oxygens (including phenoxy) is 2. The number of nitrogens with one attached hydrogen (secondary N) is 1. The van der Waals surface area contributed by atoms with Crippen LogP contribution in [-0.2, 0) is 40.1 Å². The molecule has 1 aliphatic heterocycles. The zero-order valence-electron chi connectivity index (χ0n) is 23.5. The molecule has 0 saturated heterocycles. The van der Waals surface area contributed by atoms with E-state index in [1.165, 1.54) is 11.3 Å². The molecule has 2 aromatic heterocycles. The van der Waals surface area contributed by atoms with Crippen LogP contribution in [0.3, 0.4) is 0 Å². The summed E-state index contributed by atoms with van der Waals surface area (Å²) in [6.07, 6.45) is 4.87. The van der Waals surface area contributed by atoms with Crippen molar-refractivity contribution in [3.8, 4) is 0 Å². The van der Waals surface area contributed by atoms with Gasteiger partial charge in [-0.3, -0.25) is 14.7 Å². The standard InChI is InChI=1S/C31H37N3O5S/c1-4-24(28(35)33-29-27(30(36)38-6-3)20-13-8-7-9-15-25(20)40-29)39-31(37)26-19-12-10-11-14-22(19)32-23-16-17-34(5-2)18-21(23)26/h10-12,14,24H,4-9,13,15-18H2,1-3H3,(H,33,35). The van der Waals surface area contributed by atoms with Gasteiger partial charge in [-0.2, -0.15) is 0 Å². The lowest BCUT2D eigenvalue weighted by molar-refractivity contribution is -0.124. The molecule has 8 nitrogen and oxygen atoms in total. The van der Waals surface area contributed by atoms with Crippen LogP contribution in [-0.4, -0.2) is 53.5 Å². The van der Waals surface area contributed by atoms with Crippen LogP contribution in [0, 0.1) is 0 Å². The molecular formula is C31H37N3O5S. The van der Waals surface area contributed by atoms with Crippen LogP contribution in [0.1, 0.15) is 88.9 Å². The van der Waals surface area contributed by atoms with Gasteiger partial charge in [-0.1, -0.05) is 38.5 Å². The molecule has 3 aromatic rings. The number of rotatable bonds is 8. The number of benzene rings is 1. The maximum Gasteiger partial charge on any atom is 0.341 e. The Labute approximate surface area is 239 Å². The van der Waals surface area contributed by atoms with E-state index in [1.54, 1.807) is 6.92 Å². The van der Waals surface area contributed by atoms with Crippen LogP contribution in [0.4, 0.5) is 5.00 Å². The van der Waals surface area contributed by atoms with E-state index in [1.807, 2.05) is 31.2 Å². The molecule has 1 unspecified atom stereocenters. The summed E-state index contributed by atoms with van der Waals surface area (Å²) in [5.41, 5.74) is 4.45. The second kappa shape index (κ2) is 12.5. The SMILES string of the molecule is CCOC(=O)c1c(NC(=O)C(CC)OC(=O)c2c3c(nc4ccccc24)CCN(CC)C3)sc2c1CCCCC2. The molecule has 212 valence electrons. The zero-order chi connectivity index (χ0) is 28.2. The second-order valence-electron chi connectivity index (χ2n) is 10.3. The lowest BCUT2D eigenvalue weighted by Gasteiger charge is -2.29. The maximum absolute atomic E-state index is 13.8. The van der Waals surface area contributed by atoms with Crippen molar-refractivity contribution < 1.29 is 23.9 Å². The van der Waals surface area contributed by atoms with E-state index in [0.717, 1.165) is 84.2 Å². The lowest BCUT2D eigenvalue weighted by Crippen LogP contribution is -2.35. The van der Waals surface area contributed by atoms with Crippen molar-refractivity contribution in [1.82, 2.24) is 9.88 Å². The first-order valence-corrected chi connectivity index (χ1v) is 15.2. The van der Waals surface area contributed by atoms with Crippen LogP contribution in [0.15, 0.2) is 24.3 Å². The van der Waals surface area contributed by atoms with Crippen molar-refractivity contribution in [3.63, 3.8) is 0 Å². The number of fused-ring (bicyclic) bond motifs is 3. The quantitative estimate of drug-likeness (QED) is 0.278. The highest BCUT2D eigenvalue weighted by Gasteiger charge is 2.32. The Hall–Kier alpha value is -3.30. The molecule has 1 atom stereocenters. The number of hydrogen-bond acceptors (Lipinski definition) is 8. The Morgan fingerprint density at radius 1 is 1.00 bits per heavy atom. The van der Waals surface area contributed by atoms with Gasteiger partial charge < -0.3 is 14.8 Å². The number of anilines is 1. The van der Waals surface area contributed by atoms with Crippen molar-refractivity contribution in [3.05, 3.63) is 57.1 Å². The first kappa shape index (κ1) is 28.2. The van der Waals surface area contributed by atoms with E-state index in [4.69, 9.17) is 14.5 Å². The van der Waals surface area contributed by atoms with Crippen LogP contribution >= 0.6 is 11.3 Å². The molecule has 9 heteroatoms. The second-order valence-corrected chi connectivity index (χ2v) is 11.4. The summed E-state index contributed by atoms with van der Waals surface area (Å²) < 4.78 is 11.3. The number of para-hydroxylation sites is 1. The monoisotopic (exact) mass is 563 g/mol. The van der Waals surface area contributed by atoms with Gasteiger partial charge in [-0.05, 0) is 57.2 Å². The lowest BCUT2D eigenvalue weighted by atomic mass is 9.95. The smallest absolute Gasteiger partial charge is 0.341 e. The van der Waals surface area contributed by atoms with E-state index in [0.29, 0.717) is 29.1 Å². The number of nitrogens with zero attached hydrogens (tertiary/aromatic N) is 2. The number of aryl methyl sites for hydroxylation is 1. The highest BCUT2D eigenvalue weighted by atomic mass is 32.1. The topological polar surface area (TPSA) is 97.8 Å². The van der Waals surface area contributed by atoms with Crippen molar-refractivity contribution in [2.24, 2.45) is 0 Å². The van der Waals surface area contributed by atoms with E-state index in [2.05, 4.69) is 17.1 Å². The van der Waals surface area contributed by atoms with E-state index in [-0.39, 0.29) is 6.61 Å². The minimum absolute atomic E-state index is 0.256. The van der Waals surface area contributed by atoms with E-state index >= 15 is 0 Å². The van der Waals surface area contributed by atoms with Gasteiger partial charge in [0.2, 0.25) is 0 Å². The number of carbonyl (C=O) groups excluding carboxylic acids is 3. The Bertz CT molecular complexity index is 1430. The average Bonchev–Trinajstić information content (AvgIpc) is 3.13. The normalized spacial score (nSPS) is 16.0. The van der Waals surface area contributed by atoms with Gasteiger partial charge in [-0.15, -0.1) is 11.3 Å². The van der Waals surface area contributed by atoms with Gasteiger partial charge in [0, 0.05) is 41.0 Å². The summed E-state index contributed by atoms with van der Waals surface area (Å²) in [4.78, 5) is 48.5. The van der Waals surface area contributed by atoms with Crippen LogP contribution in [0.25, 0.3) is 10.9 Å². The molecule has 0 fully saturated rings. The highest BCUT2D eigenvalue weighted by Crippen LogP contribution is 2.38. The molecule has 2 aliphatic rings. The number of likely N-dealkylation sites (N-methyl/N-ethyl adjacent to an activating group) is 1. The van der Waals surface area contributed by atoms with Gasteiger partial charge in [0.05, 0.1) is 23.3 Å². The summed E-state index contributed by atoms with van der Waals surface area (Å²) in [6, 6.07) is 7.58. The van der Waals surface area contributed by atoms with Gasteiger partial charge in [0.25, 0.3) is 5.91 Å². The molecule has 5 rings (SSSR count). The largest absolute Gasteiger partial charge is 0.462 e. The maximum atomic E-state index is 13.8. The molecule has 0 spiro atoms. The third kappa shape index (κ3) is 5.63. The number of carbonyl (C=O) groups is 3. The summed E-state index contributed by atoms with van der Waals surface area (Å²) in [6.45, 7) is 8.31. The molecule has 1 aromatic carbocycles. The fourth-order valence-electron chi connectivity index (χ4n) is 5.70. The molecular weight excluding hydrogens is 526 g/mol. The van der Waals surface area contributed by atoms with Gasteiger partial charge in [-0.25, -0.2) is 9.59 Å². The first-order chi connectivity index (χ1) is 19.4. The third-order valence-corrected chi connectivity index (χ3v) is 9.03. The van der Waals surface area contributed by atoms with Gasteiger partial charge in [0.1, 0.15) is 5.00 Å². The molecule has 1 N–H and O–H groups in total. The molecule has 1 aliphatic carbocycles. The predicted octanol–water partition coefficient (Wildman–Crippen LogP) is 5.69. The highest BCUT2D eigenvalue weighted by molar-refractivity contribution is 7.17. The summed E-state index contributed by atoms with van der Waals surface area (Å²) in [7, 11) is 0. The molecule has 0 saturated carbocycles. The van der Waals surface area contributed by atoms with Crippen molar-refractivity contribution in [2.75, 3.05) is 25.0 Å². The number of thiophene rings is 1. The van der Waals surface area contributed by atoms with Crippen molar-refractivity contribution in [1.29, 1.82) is 0 Å². The molecule has 3 heterocycles.